The highest BCUT2D eigenvalue weighted by Gasteiger charge is 2.12. The van der Waals surface area contributed by atoms with Gasteiger partial charge in [0, 0.05) is 18.2 Å². The van der Waals surface area contributed by atoms with E-state index in [1.54, 1.807) is 11.8 Å². The van der Waals surface area contributed by atoms with E-state index >= 15 is 0 Å². The number of hydrogen-bond acceptors (Lipinski definition) is 3. The van der Waals surface area contributed by atoms with Gasteiger partial charge in [-0.25, -0.2) is 0 Å². The summed E-state index contributed by atoms with van der Waals surface area (Å²) in [4.78, 5) is 11.8. The molecule has 0 aliphatic heterocycles. The second kappa shape index (κ2) is 10.9. The van der Waals surface area contributed by atoms with Gasteiger partial charge in [0.15, 0.2) is 0 Å². The van der Waals surface area contributed by atoms with Crippen molar-refractivity contribution in [3.63, 3.8) is 0 Å². The number of hydrogen-bond donors (Lipinski definition) is 2. The maximum atomic E-state index is 11.8. The SMILES string of the molecule is CCC(CCN)CCC(=O)NC(CC)CSC. The molecule has 17 heavy (non-hydrogen) atoms. The molecule has 0 aliphatic carbocycles. The van der Waals surface area contributed by atoms with Gasteiger partial charge in [0.05, 0.1) is 0 Å². The summed E-state index contributed by atoms with van der Waals surface area (Å²) in [5, 5.41) is 3.10. The van der Waals surface area contributed by atoms with Crippen LogP contribution >= 0.6 is 11.8 Å². The first kappa shape index (κ1) is 16.8. The number of amides is 1. The van der Waals surface area contributed by atoms with Gasteiger partial charge in [-0.1, -0.05) is 20.3 Å². The van der Waals surface area contributed by atoms with E-state index in [0.29, 0.717) is 18.4 Å². The van der Waals surface area contributed by atoms with Crippen LogP contribution in [0.15, 0.2) is 0 Å². The fourth-order valence-corrected chi connectivity index (χ4v) is 2.61. The summed E-state index contributed by atoms with van der Waals surface area (Å²) >= 11 is 1.78. The van der Waals surface area contributed by atoms with Gasteiger partial charge in [-0.15, -0.1) is 0 Å². The van der Waals surface area contributed by atoms with Crippen molar-refractivity contribution in [1.29, 1.82) is 0 Å². The summed E-state index contributed by atoms with van der Waals surface area (Å²) in [7, 11) is 0. The Bertz CT molecular complexity index is 200. The molecule has 3 N–H and O–H groups in total. The van der Waals surface area contributed by atoms with Crippen LogP contribution in [0.2, 0.25) is 0 Å². The summed E-state index contributed by atoms with van der Waals surface area (Å²) in [5.74, 6) is 1.80. The van der Waals surface area contributed by atoms with E-state index in [2.05, 4.69) is 25.4 Å². The van der Waals surface area contributed by atoms with Gasteiger partial charge in [0.2, 0.25) is 5.91 Å². The predicted octanol–water partition coefficient (Wildman–Crippen LogP) is 2.40. The molecule has 1 amide bonds. The molecule has 0 saturated heterocycles. The molecule has 0 aromatic heterocycles. The van der Waals surface area contributed by atoms with Crippen LogP contribution in [0.3, 0.4) is 0 Å². The van der Waals surface area contributed by atoms with Crippen LogP contribution in [-0.4, -0.2) is 30.5 Å². The minimum absolute atomic E-state index is 0.196. The number of carbonyl (C=O) groups is 1. The third-order valence-corrected chi connectivity index (χ3v) is 3.89. The van der Waals surface area contributed by atoms with Crippen LogP contribution < -0.4 is 11.1 Å². The third-order valence-electron chi connectivity index (χ3n) is 3.16. The predicted molar refractivity (Wildman–Crippen MR) is 77.3 cm³/mol. The van der Waals surface area contributed by atoms with Crippen molar-refractivity contribution < 1.29 is 4.79 Å². The molecular weight excluding hydrogens is 232 g/mol. The average Bonchev–Trinajstić information content (AvgIpc) is 2.33. The molecule has 0 aromatic rings. The molecule has 0 aliphatic rings. The molecule has 0 fully saturated rings. The monoisotopic (exact) mass is 260 g/mol. The van der Waals surface area contributed by atoms with Crippen LogP contribution in [-0.2, 0) is 4.79 Å². The Morgan fingerprint density at radius 1 is 1.29 bits per heavy atom. The summed E-state index contributed by atoms with van der Waals surface area (Å²) in [5.41, 5.74) is 5.55. The first-order valence-electron chi connectivity index (χ1n) is 6.66. The highest BCUT2D eigenvalue weighted by atomic mass is 32.2. The fraction of sp³-hybridized carbons (Fsp3) is 0.923. The van der Waals surface area contributed by atoms with E-state index in [9.17, 15) is 4.79 Å². The van der Waals surface area contributed by atoms with Crippen LogP contribution in [0.5, 0.6) is 0 Å². The molecule has 0 aromatic carbocycles. The van der Waals surface area contributed by atoms with Gasteiger partial charge in [-0.3, -0.25) is 4.79 Å². The van der Waals surface area contributed by atoms with E-state index < -0.39 is 0 Å². The van der Waals surface area contributed by atoms with E-state index in [-0.39, 0.29) is 5.91 Å². The molecule has 0 saturated carbocycles. The van der Waals surface area contributed by atoms with Crippen LogP contribution in [0.4, 0.5) is 0 Å². The molecular formula is C13H28N2OS. The minimum atomic E-state index is 0.196. The van der Waals surface area contributed by atoms with Crippen LogP contribution in [0.1, 0.15) is 46.0 Å². The second-order valence-corrected chi connectivity index (χ2v) is 5.43. The Hall–Kier alpha value is -0.220. The van der Waals surface area contributed by atoms with Crippen molar-refractivity contribution in [2.45, 2.75) is 52.0 Å². The lowest BCUT2D eigenvalue weighted by Crippen LogP contribution is -2.36. The quantitative estimate of drug-likeness (QED) is 0.634. The average molecular weight is 260 g/mol. The molecule has 0 radical (unpaired) electrons. The van der Waals surface area contributed by atoms with Crippen LogP contribution in [0.25, 0.3) is 0 Å². The lowest BCUT2D eigenvalue weighted by molar-refractivity contribution is -0.122. The van der Waals surface area contributed by atoms with E-state index in [1.165, 1.54) is 0 Å². The lowest BCUT2D eigenvalue weighted by atomic mass is 9.96. The Balaban J connectivity index is 3.83. The van der Waals surface area contributed by atoms with Gasteiger partial charge < -0.3 is 11.1 Å². The second-order valence-electron chi connectivity index (χ2n) is 4.52. The van der Waals surface area contributed by atoms with E-state index in [4.69, 9.17) is 5.73 Å². The summed E-state index contributed by atoms with van der Waals surface area (Å²) in [6, 6.07) is 0.326. The molecule has 0 rings (SSSR count). The third kappa shape index (κ3) is 8.50. The largest absolute Gasteiger partial charge is 0.353 e. The Labute approximate surface area is 110 Å². The maximum Gasteiger partial charge on any atom is 0.220 e. The molecule has 0 spiro atoms. The summed E-state index contributed by atoms with van der Waals surface area (Å²) < 4.78 is 0. The summed E-state index contributed by atoms with van der Waals surface area (Å²) in [6.07, 6.45) is 6.84. The zero-order valence-corrected chi connectivity index (χ0v) is 12.3. The minimum Gasteiger partial charge on any atom is -0.353 e. The highest BCUT2D eigenvalue weighted by Crippen LogP contribution is 2.14. The smallest absolute Gasteiger partial charge is 0.220 e. The molecule has 0 bridgehead atoms. The van der Waals surface area contributed by atoms with Crippen molar-refractivity contribution in [1.82, 2.24) is 5.32 Å². The molecule has 2 unspecified atom stereocenters. The number of rotatable bonds is 10. The number of carbonyl (C=O) groups excluding carboxylic acids is 1. The standard InChI is InChI=1S/C13H28N2OS/c1-4-11(8-9-14)6-7-13(16)15-12(5-2)10-17-3/h11-12H,4-10,14H2,1-3H3,(H,15,16). The number of nitrogens with two attached hydrogens (primary N) is 1. The van der Waals surface area contributed by atoms with Gasteiger partial charge in [-0.2, -0.15) is 11.8 Å². The van der Waals surface area contributed by atoms with Gasteiger partial charge in [0.25, 0.3) is 0 Å². The first-order valence-corrected chi connectivity index (χ1v) is 8.05. The molecule has 4 heteroatoms. The van der Waals surface area contributed by atoms with Crippen molar-refractivity contribution in [3.8, 4) is 0 Å². The number of nitrogens with one attached hydrogen (secondary N) is 1. The molecule has 0 heterocycles. The Morgan fingerprint density at radius 2 is 2.00 bits per heavy atom. The lowest BCUT2D eigenvalue weighted by Gasteiger charge is -2.17. The topological polar surface area (TPSA) is 55.1 Å². The van der Waals surface area contributed by atoms with Crippen molar-refractivity contribution in [2.24, 2.45) is 11.7 Å². The normalized spacial score (nSPS) is 14.4. The van der Waals surface area contributed by atoms with E-state index in [0.717, 1.165) is 38.0 Å². The van der Waals surface area contributed by atoms with Crippen molar-refractivity contribution >= 4 is 17.7 Å². The van der Waals surface area contributed by atoms with Gasteiger partial charge in [-0.05, 0) is 38.0 Å². The van der Waals surface area contributed by atoms with Crippen molar-refractivity contribution in [2.75, 3.05) is 18.6 Å². The summed E-state index contributed by atoms with van der Waals surface area (Å²) in [6.45, 7) is 5.01. The Kier molecular flexibility index (Phi) is 10.8. The van der Waals surface area contributed by atoms with Gasteiger partial charge >= 0.3 is 0 Å². The highest BCUT2D eigenvalue weighted by molar-refractivity contribution is 7.98. The zero-order valence-electron chi connectivity index (χ0n) is 11.5. The van der Waals surface area contributed by atoms with Crippen LogP contribution in [0, 0.1) is 5.92 Å². The van der Waals surface area contributed by atoms with Crippen molar-refractivity contribution in [3.05, 3.63) is 0 Å². The maximum absolute atomic E-state index is 11.8. The molecule has 102 valence electrons. The fourth-order valence-electron chi connectivity index (χ4n) is 1.89. The first-order chi connectivity index (χ1) is 8.17. The Morgan fingerprint density at radius 3 is 2.47 bits per heavy atom. The van der Waals surface area contributed by atoms with E-state index in [1.807, 2.05) is 0 Å². The number of thioether (sulfide) groups is 1. The van der Waals surface area contributed by atoms with Gasteiger partial charge in [0.1, 0.15) is 0 Å². The molecule has 2 atom stereocenters. The molecule has 3 nitrogen and oxygen atoms in total. The zero-order chi connectivity index (χ0) is 13.1.